The summed E-state index contributed by atoms with van der Waals surface area (Å²) in [7, 11) is 0. The van der Waals surface area contributed by atoms with Gasteiger partial charge in [0.15, 0.2) is 16.7 Å². The first-order valence-electron chi connectivity index (χ1n) is 7.10. The van der Waals surface area contributed by atoms with Crippen LogP contribution in [0, 0.1) is 11.2 Å². The van der Waals surface area contributed by atoms with E-state index in [4.69, 9.17) is 14.9 Å². The molecule has 1 fully saturated rings. The van der Waals surface area contributed by atoms with Crippen molar-refractivity contribution < 1.29 is 18.7 Å². The SMILES string of the molecule is N=C1S/C(=C/c2ccccc2F)C(=O)N1c1ccc2c(c1)OCO2. The number of hydrogen-bond donors (Lipinski definition) is 1. The zero-order valence-electron chi connectivity index (χ0n) is 12.3. The van der Waals surface area contributed by atoms with Crippen molar-refractivity contribution in [3.8, 4) is 11.5 Å². The van der Waals surface area contributed by atoms with Gasteiger partial charge in [0.2, 0.25) is 6.79 Å². The fourth-order valence-electron chi connectivity index (χ4n) is 2.48. The number of carbonyl (C=O) groups excluding carboxylic acids is 1. The number of halogens is 1. The molecule has 0 atom stereocenters. The molecule has 5 nitrogen and oxygen atoms in total. The van der Waals surface area contributed by atoms with Crippen LogP contribution >= 0.6 is 11.8 Å². The molecule has 0 saturated carbocycles. The summed E-state index contributed by atoms with van der Waals surface area (Å²) in [6, 6.07) is 11.2. The zero-order valence-corrected chi connectivity index (χ0v) is 13.1. The van der Waals surface area contributed by atoms with E-state index >= 15 is 0 Å². The van der Waals surface area contributed by atoms with Crippen LogP contribution in [0.2, 0.25) is 0 Å². The van der Waals surface area contributed by atoms with Crippen LogP contribution in [0.25, 0.3) is 6.08 Å². The molecule has 0 aliphatic carbocycles. The molecule has 0 radical (unpaired) electrons. The second-order valence-corrected chi connectivity index (χ2v) is 6.15. The van der Waals surface area contributed by atoms with Gasteiger partial charge in [-0.25, -0.2) is 4.39 Å². The number of carbonyl (C=O) groups is 1. The maximum atomic E-state index is 13.8. The Bertz CT molecular complexity index is 897. The standard InChI is InChI=1S/C17H11FN2O3S/c18-12-4-2-1-3-10(12)7-15-16(21)20(17(19)24-15)11-5-6-13-14(8-11)23-9-22-13/h1-8,19H,9H2/b15-7+,19-17?. The van der Waals surface area contributed by atoms with Crippen LogP contribution in [0.3, 0.4) is 0 Å². The molecule has 1 saturated heterocycles. The van der Waals surface area contributed by atoms with Crippen LogP contribution in [-0.4, -0.2) is 17.9 Å². The predicted molar refractivity (Wildman–Crippen MR) is 89.7 cm³/mol. The third-order valence-corrected chi connectivity index (χ3v) is 4.52. The maximum Gasteiger partial charge on any atom is 0.271 e. The second kappa shape index (κ2) is 5.68. The van der Waals surface area contributed by atoms with E-state index < -0.39 is 5.82 Å². The number of amides is 1. The summed E-state index contributed by atoms with van der Waals surface area (Å²) in [6.45, 7) is 0.136. The molecular formula is C17H11FN2O3S. The second-order valence-electron chi connectivity index (χ2n) is 5.12. The van der Waals surface area contributed by atoms with Crippen molar-refractivity contribution in [2.24, 2.45) is 0 Å². The normalized spacial score (nSPS) is 17.9. The van der Waals surface area contributed by atoms with E-state index in [2.05, 4.69) is 0 Å². The van der Waals surface area contributed by atoms with E-state index in [0.717, 1.165) is 11.8 Å². The van der Waals surface area contributed by atoms with Gasteiger partial charge in [-0.3, -0.25) is 15.1 Å². The number of ether oxygens (including phenoxy) is 2. The van der Waals surface area contributed by atoms with Gasteiger partial charge in [0.1, 0.15) is 5.82 Å². The Labute approximate surface area is 141 Å². The minimum atomic E-state index is -0.411. The average molecular weight is 342 g/mol. The van der Waals surface area contributed by atoms with Crippen molar-refractivity contribution in [2.75, 3.05) is 11.7 Å². The lowest BCUT2D eigenvalue weighted by molar-refractivity contribution is -0.113. The van der Waals surface area contributed by atoms with Crippen LogP contribution in [-0.2, 0) is 4.79 Å². The number of fused-ring (bicyclic) bond motifs is 1. The predicted octanol–water partition coefficient (Wildman–Crippen LogP) is 3.61. The Morgan fingerprint density at radius 3 is 2.79 bits per heavy atom. The first-order valence-corrected chi connectivity index (χ1v) is 7.92. The molecule has 0 bridgehead atoms. The lowest BCUT2D eigenvalue weighted by atomic mass is 10.2. The summed E-state index contributed by atoms with van der Waals surface area (Å²) < 4.78 is 24.3. The molecule has 0 spiro atoms. The van der Waals surface area contributed by atoms with Gasteiger partial charge in [-0.05, 0) is 36.0 Å². The maximum absolute atomic E-state index is 13.8. The van der Waals surface area contributed by atoms with Gasteiger partial charge >= 0.3 is 0 Å². The fourth-order valence-corrected chi connectivity index (χ4v) is 3.33. The third kappa shape index (κ3) is 2.43. The van der Waals surface area contributed by atoms with Crippen molar-refractivity contribution in [1.29, 1.82) is 5.41 Å². The van der Waals surface area contributed by atoms with Crippen LogP contribution < -0.4 is 14.4 Å². The Morgan fingerprint density at radius 1 is 1.17 bits per heavy atom. The summed E-state index contributed by atoms with van der Waals surface area (Å²) in [5.41, 5.74) is 0.826. The van der Waals surface area contributed by atoms with Gasteiger partial charge < -0.3 is 9.47 Å². The largest absolute Gasteiger partial charge is 0.454 e. The summed E-state index contributed by atoms with van der Waals surface area (Å²) in [6.07, 6.45) is 1.46. The van der Waals surface area contributed by atoms with E-state index in [9.17, 15) is 9.18 Å². The van der Waals surface area contributed by atoms with Gasteiger partial charge in [-0.2, -0.15) is 0 Å². The number of anilines is 1. The minimum absolute atomic E-state index is 0.0569. The number of hydrogen-bond acceptors (Lipinski definition) is 5. The van der Waals surface area contributed by atoms with Crippen LogP contribution in [0.5, 0.6) is 11.5 Å². The van der Waals surface area contributed by atoms with Gasteiger partial charge in [-0.1, -0.05) is 18.2 Å². The smallest absolute Gasteiger partial charge is 0.271 e. The molecule has 24 heavy (non-hydrogen) atoms. The molecule has 2 aliphatic rings. The summed E-state index contributed by atoms with van der Waals surface area (Å²) in [5, 5.41) is 8.14. The van der Waals surface area contributed by atoms with Crippen molar-refractivity contribution in [3.05, 3.63) is 58.8 Å². The molecule has 7 heteroatoms. The van der Waals surface area contributed by atoms with Crippen LogP contribution in [0.4, 0.5) is 10.1 Å². The van der Waals surface area contributed by atoms with E-state index in [1.807, 2.05) is 0 Å². The first-order chi connectivity index (χ1) is 11.6. The van der Waals surface area contributed by atoms with E-state index in [-0.39, 0.29) is 17.9 Å². The summed E-state index contributed by atoms with van der Waals surface area (Å²) >= 11 is 0.995. The summed E-state index contributed by atoms with van der Waals surface area (Å²) in [4.78, 5) is 14.2. The van der Waals surface area contributed by atoms with E-state index in [1.165, 1.54) is 17.0 Å². The highest BCUT2D eigenvalue weighted by Crippen LogP contribution is 2.40. The Balaban J connectivity index is 1.68. The molecule has 2 aromatic rings. The number of nitrogens with one attached hydrogen (secondary N) is 1. The van der Waals surface area contributed by atoms with E-state index in [0.29, 0.717) is 27.7 Å². The van der Waals surface area contributed by atoms with Gasteiger partial charge in [0.25, 0.3) is 5.91 Å². The quantitative estimate of drug-likeness (QED) is 0.847. The monoisotopic (exact) mass is 342 g/mol. The highest BCUT2D eigenvalue weighted by Gasteiger charge is 2.34. The van der Waals surface area contributed by atoms with Gasteiger partial charge in [-0.15, -0.1) is 0 Å². The fraction of sp³-hybridized carbons (Fsp3) is 0.0588. The summed E-state index contributed by atoms with van der Waals surface area (Å²) in [5.74, 6) is 0.356. The minimum Gasteiger partial charge on any atom is -0.454 e. The number of rotatable bonds is 2. The van der Waals surface area contributed by atoms with Crippen molar-refractivity contribution >= 4 is 34.6 Å². The van der Waals surface area contributed by atoms with Crippen molar-refractivity contribution in [2.45, 2.75) is 0 Å². The topological polar surface area (TPSA) is 62.6 Å². The highest BCUT2D eigenvalue weighted by molar-refractivity contribution is 8.19. The number of benzene rings is 2. The van der Waals surface area contributed by atoms with Gasteiger partial charge in [0.05, 0.1) is 10.6 Å². The van der Waals surface area contributed by atoms with Crippen LogP contribution in [0.1, 0.15) is 5.56 Å². The molecule has 0 aromatic heterocycles. The lowest BCUT2D eigenvalue weighted by Gasteiger charge is -2.14. The Kier molecular flexibility index (Phi) is 3.50. The Morgan fingerprint density at radius 2 is 1.96 bits per heavy atom. The van der Waals surface area contributed by atoms with E-state index in [1.54, 1.807) is 36.4 Å². The number of nitrogens with zero attached hydrogens (tertiary/aromatic N) is 1. The van der Waals surface area contributed by atoms with Gasteiger partial charge in [0, 0.05) is 11.6 Å². The molecule has 120 valence electrons. The molecule has 2 heterocycles. The molecule has 2 aliphatic heterocycles. The molecule has 2 aromatic carbocycles. The van der Waals surface area contributed by atoms with Crippen molar-refractivity contribution in [1.82, 2.24) is 0 Å². The molecule has 0 unspecified atom stereocenters. The molecule has 4 rings (SSSR count). The van der Waals surface area contributed by atoms with Crippen molar-refractivity contribution in [3.63, 3.8) is 0 Å². The zero-order chi connectivity index (χ0) is 16.7. The lowest BCUT2D eigenvalue weighted by Crippen LogP contribution is -2.28. The molecular weight excluding hydrogens is 331 g/mol. The average Bonchev–Trinajstić information content (AvgIpc) is 3.14. The first kappa shape index (κ1) is 14.8. The Hall–Kier alpha value is -2.80. The van der Waals surface area contributed by atoms with Crippen LogP contribution in [0.15, 0.2) is 47.4 Å². The number of amidine groups is 1. The highest BCUT2D eigenvalue weighted by atomic mass is 32.2. The third-order valence-electron chi connectivity index (χ3n) is 3.63. The molecule has 1 amide bonds. The number of thioether (sulfide) groups is 1. The molecule has 1 N–H and O–H groups in total.